The molecule has 0 spiro atoms. The molecule has 0 bridgehead atoms. The third kappa shape index (κ3) is 2.12. The zero-order valence-electron chi connectivity index (χ0n) is 8.20. The molecule has 0 radical (unpaired) electrons. The minimum absolute atomic E-state index is 0.288. The maximum Gasteiger partial charge on any atom is 0.130 e. The molecule has 14 heavy (non-hydrogen) atoms. The topological polar surface area (TPSA) is 23.5 Å². The molecule has 1 aromatic carbocycles. The Morgan fingerprint density at radius 1 is 1.57 bits per heavy atom. The first-order valence-corrected chi connectivity index (χ1v) is 4.41. The maximum absolute atomic E-state index is 13.2. The quantitative estimate of drug-likeness (QED) is 0.742. The molecule has 2 nitrogen and oxygen atoms in total. The Balaban J connectivity index is 3.06. The fourth-order valence-electron chi connectivity index (χ4n) is 1.35. The number of rotatable bonds is 4. The van der Waals surface area contributed by atoms with E-state index in [4.69, 9.17) is 5.11 Å². The summed E-state index contributed by atoms with van der Waals surface area (Å²) in [6.07, 6.45) is 1.73. The van der Waals surface area contributed by atoms with E-state index in [0.717, 1.165) is 0 Å². The number of hydrogen-bond acceptors (Lipinski definition) is 2. The van der Waals surface area contributed by atoms with Crippen molar-refractivity contribution in [2.45, 2.75) is 6.61 Å². The lowest BCUT2D eigenvalue weighted by Crippen LogP contribution is -2.18. The summed E-state index contributed by atoms with van der Waals surface area (Å²) in [5.41, 5.74) is 1.03. The van der Waals surface area contributed by atoms with Crippen LogP contribution in [-0.2, 0) is 6.61 Å². The molecule has 1 rings (SSSR count). The van der Waals surface area contributed by atoms with Crippen molar-refractivity contribution in [3.8, 4) is 0 Å². The molecule has 3 heteroatoms. The number of aliphatic hydroxyl groups is 1. The standard InChI is InChI=1S/C11H14FNO/c1-3-7-13(2)11-6-4-5-10(12)9(11)8-14/h3-6,14H,1,7-8H2,2H3. The van der Waals surface area contributed by atoms with Crippen molar-refractivity contribution in [2.75, 3.05) is 18.5 Å². The van der Waals surface area contributed by atoms with Gasteiger partial charge in [0.05, 0.1) is 6.61 Å². The second kappa shape index (κ2) is 4.77. The highest BCUT2D eigenvalue weighted by molar-refractivity contribution is 5.53. The molecule has 0 saturated heterocycles. The van der Waals surface area contributed by atoms with E-state index in [1.807, 2.05) is 11.9 Å². The van der Waals surface area contributed by atoms with Crippen LogP contribution in [0.2, 0.25) is 0 Å². The van der Waals surface area contributed by atoms with Crippen molar-refractivity contribution in [2.24, 2.45) is 0 Å². The summed E-state index contributed by atoms with van der Waals surface area (Å²) in [7, 11) is 1.83. The van der Waals surface area contributed by atoms with Crippen molar-refractivity contribution in [3.63, 3.8) is 0 Å². The lowest BCUT2D eigenvalue weighted by molar-refractivity contribution is 0.276. The van der Waals surface area contributed by atoms with Crippen molar-refractivity contribution >= 4 is 5.69 Å². The Bertz CT molecular complexity index is 325. The zero-order valence-corrected chi connectivity index (χ0v) is 8.20. The first-order chi connectivity index (χ1) is 6.70. The molecule has 0 unspecified atom stereocenters. The fraction of sp³-hybridized carbons (Fsp3) is 0.273. The van der Waals surface area contributed by atoms with E-state index in [9.17, 15) is 4.39 Å². The molecular formula is C11H14FNO. The maximum atomic E-state index is 13.2. The predicted molar refractivity (Wildman–Crippen MR) is 55.8 cm³/mol. The second-order valence-electron chi connectivity index (χ2n) is 3.06. The summed E-state index contributed by atoms with van der Waals surface area (Å²) in [6.45, 7) is 3.94. The Hall–Kier alpha value is -1.35. The smallest absolute Gasteiger partial charge is 0.130 e. The molecule has 0 saturated carbocycles. The van der Waals surface area contributed by atoms with Gasteiger partial charge in [0.25, 0.3) is 0 Å². The lowest BCUT2D eigenvalue weighted by Gasteiger charge is -2.20. The van der Waals surface area contributed by atoms with E-state index in [-0.39, 0.29) is 12.4 Å². The highest BCUT2D eigenvalue weighted by Gasteiger charge is 2.09. The van der Waals surface area contributed by atoms with Crippen LogP contribution in [0.5, 0.6) is 0 Å². The van der Waals surface area contributed by atoms with Crippen LogP contribution in [0.1, 0.15) is 5.56 Å². The minimum atomic E-state index is -0.374. The monoisotopic (exact) mass is 195 g/mol. The number of nitrogens with zero attached hydrogens (tertiary/aromatic N) is 1. The van der Waals surface area contributed by atoms with Crippen LogP contribution in [0.25, 0.3) is 0 Å². The van der Waals surface area contributed by atoms with Crippen LogP contribution in [0.15, 0.2) is 30.9 Å². The Kier molecular flexibility index (Phi) is 3.65. The van der Waals surface area contributed by atoms with Gasteiger partial charge in [0.1, 0.15) is 5.82 Å². The predicted octanol–water partition coefficient (Wildman–Crippen LogP) is 1.94. The molecule has 0 aliphatic rings. The highest BCUT2D eigenvalue weighted by Crippen LogP contribution is 2.21. The van der Waals surface area contributed by atoms with Crippen LogP contribution in [0.3, 0.4) is 0 Å². The SMILES string of the molecule is C=CCN(C)c1cccc(F)c1CO. The lowest BCUT2D eigenvalue weighted by atomic mass is 10.1. The fourth-order valence-corrected chi connectivity index (χ4v) is 1.35. The van der Waals surface area contributed by atoms with E-state index in [1.54, 1.807) is 18.2 Å². The van der Waals surface area contributed by atoms with E-state index in [0.29, 0.717) is 17.8 Å². The summed E-state index contributed by atoms with van der Waals surface area (Å²) in [5.74, 6) is -0.374. The van der Waals surface area contributed by atoms with Crippen LogP contribution in [-0.4, -0.2) is 18.7 Å². The van der Waals surface area contributed by atoms with Gasteiger partial charge >= 0.3 is 0 Å². The number of anilines is 1. The van der Waals surface area contributed by atoms with Gasteiger partial charge in [-0.15, -0.1) is 6.58 Å². The van der Waals surface area contributed by atoms with Crippen LogP contribution in [0.4, 0.5) is 10.1 Å². The summed E-state index contributed by atoms with van der Waals surface area (Å²) >= 11 is 0. The number of likely N-dealkylation sites (N-methyl/N-ethyl adjacent to an activating group) is 1. The van der Waals surface area contributed by atoms with Crippen molar-refractivity contribution in [3.05, 3.63) is 42.2 Å². The van der Waals surface area contributed by atoms with Gasteiger partial charge in [0.2, 0.25) is 0 Å². The summed E-state index contributed by atoms with van der Waals surface area (Å²) in [6, 6.07) is 4.75. The molecule has 0 amide bonds. The number of halogens is 1. The molecule has 0 fully saturated rings. The molecule has 76 valence electrons. The van der Waals surface area contributed by atoms with Gasteiger partial charge in [-0.25, -0.2) is 4.39 Å². The minimum Gasteiger partial charge on any atom is -0.391 e. The summed E-state index contributed by atoms with van der Waals surface area (Å²) in [5, 5.41) is 9.02. The summed E-state index contributed by atoms with van der Waals surface area (Å²) in [4.78, 5) is 1.83. The van der Waals surface area contributed by atoms with Gasteiger partial charge in [-0.2, -0.15) is 0 Å². The zero-order chi connectivity index (χ0) is 10.6. The van der Waals surface area contributed by atoms with E-state index < -0.39 is 0 Å². The third-order valence-corrected chi connectivity index (χ3v) is 2.07. The number of hydrogen-bond donors (Lipinski definition) is 1. The van der Waals surface area contributed by atoms with Crippen LogP contribution < -0.4 is 4.90 Å². The van der Waals surface area contributed by atoms with Crippen molar-refractivity contribution in [1.29, 1.82) is 0 Å². The van der Waals surface area contributed by atoms with Crippen molar-refractivity contribution < 1.29 is 9.50 Å². The number of aliphatic hydroxyl groups excluding tert-OH is 1. The van der Waals surface area contributed by atoms with Gasteiger partial charge in [0, 0.05) is 24.8 Å². The normalized spacial score (nSPS) is 9.93. The van der Waals surface area contributed by atoms with Crippen molar-refractivity contribution in [1.82, 2.24) is 0 Å². The molecule has 0 aliphatic carbocycles. The Labute approximate surface area is 83.3 Å². The van der Waals surface area contributed by atoms with Gasteiger partial charge in [-0.05, 0) is 12.1 Å². The first kappa shape index (κ1) is 10.7. The van der Waals surface area contributed by atoms with Gasteiger partial charge in [-0.3, -0.25) is 0 Å². The van der Waals surface area contributed by atoms with E-state index in [2.05, 4.69) is 6.58 Å². The molecule has 0 heterocycles. The van der Waals surface area contributed by atoms with Gasteiger partial charge in [-0.1, -0.05) is 12.1 Å². The Morgan fingerprint density at radius 2 is 2.29 bits per heavy atom. The first-order valence-electron chi connectivity index (χ1n) is 4.41. The molecular weight excluding hydrogens is 181 g/mol. The van der Waals surface area contributed by atoms with E-state index >= 15 is 0 Å². The number of benzene rings is 1. The Morgan fingerprint density at radius 3 is 2.86 bits per heavy atom. The molecule has 1 aromatic rings. The molecule has 0 aromatic heterocycles. The second-order valence-corrected chi connectivity index (χ2v) is 3.06. The largest absolute Gasteiger partial charge is 0.391 e. The van der Waals surface area contributed by atoms with E-state index in [1.165, 1.54) is 6.07 Å². The average molecular weight is 195 g/mol. The molecule has 1 N–H and O–H groups in total. The molecule has 0 atom stereocenters. The summed E-state index contributed by atoms with van der Waals surface area (Å²) < 4.78 is 13.2. The van der Waals surface area contributed by atoms with Gasteiger partial charge in [0.15, 0.2) is 0 Å². The van der Waals surface area contributed by atoms with Crippen LogP contribution >= 0.6 is 0 Å². The highest BCUT2D eigenvalue weighted by atomic mass is 19.1. The average Bonchev–Trinajstić information content (AvgIpc) is 2.17. The molecule has 0 aliphatic heterocycles. The van der Waals surface area contributed by atoms with Crippen LogP contribution in [0, 0.1) is 5.82 Å². The van der Waals surface area contributed by atoms with Gasteiger partial charge < -0.3 is 10.0 Å². The third-order valence-electron chi connectivity index (χ3n) is 2.07.